The van der Waals surface area contributed by atoms with Crippen molar-refractivity contribution in [3.05, 3.63) is 58.1 Å². The highest BCUT2D eigenvalue weighted by Gasteiger charge is 2.11. The lowest BCUT2D eigenvalue weighted by Crippen LogP contribution is -2.14. The molecule has 0 bridgehead atoms. The van der Waals surface area contributed by atoms with Crippen molar-refractivity contribution in [3.8, 4) is 0 Å². The van der Waals surface area contributed by atoms with Gasteiger partial charge < -0.3 is 10.6 Å². The van der Waals surface area contributed by atoms with E-state index in [0.29, 0.717) is 5.56 Å². The van der Waals surface area contributed by atoms with Gasteiger partial charge in [-0.1, -0.05) is 34.1 Å². The van der Waals surface area contributed by atoms with E-state index in [9.17, 15) is 4.79 Å². The molecule has 0 saturated carbocycles. The Labute approximate surface area is 121 Å². The third kappa shape index (κ3) is 3.15. The van der Waals surface area contributed by atoms with Gasteiger partial charge in [-0.3, -0.25) is 4.79 Å². The molecular weight excluding hydrogens is 304 g/mol. The Kier molecular flexibility index (Phi) is 4.22. The molecule has 2 rings (SSSR count). The zero-order chi connectivity index (χ0) is 13.8. The summed E-state index contributed by atoms with van der Waals surface area (Å²) in [5.41, 5.74) is 3.28. The number of benzene rings is 2. The average Bonchev–Trinajstić information content (AvgIpc) is 2.42. The number of anilines is 2. The van der Waals surface area contributed by atoms with Crippen LogP contribution >= 0.6 is 15.9 Å². The number of halogens is 1. The molecule has 19 heavy (non-hydrogen) atoms. The van der Waals surface area contributed by atoms with Gasteiger partial charge in [-0.2, -0.15) is 0 Å². The Morgan fingerprint density at radius 1 is 1.11 bits per heavy atom. The third-order valence-corrected chi connectivity index (χ3v) is 3.38. The molecule has 0 spiro atoms. The molecule has 2 aromatic rings. The lowest BCUT2D eigenvalue weighted by atomic mass is 10.1. The summed E-state index contributed by atoms with van der Waals surface area (Å²) in [6.07, 6.45) is 0. The fraction of sp³-hybridized carbons (Fsp3) is 0.133. The molecule has 98 valence electrons. The molecule has 2 N–H and O–H groups in total. The number of rotatable bonds is 3. The number of hydrogen-bond donors (Lipinski definition) is 2. The topological polar surface area (TPSA) is 41.1 Å². The molecule has 0 radical (unpaired) electrons. The van der Waals surface area contributed by atoms with Gasteiger partial charge in [0.15, 0.2) is 0 Å². The summed E-state index contributed by atoms with van der Waals surface area (Å²) in [7, 11) is 1.80. The highest BCUT2D eigenvalue weighted by Crippen LogP contribution is 2.22. The van der Waals surface area contributed by atoms with Gasteiger partial charge in [-0.05, 0) is 36.8 Å². The molecular formula is C15H15BrN2O. The number of nitrogens with one attached hydrogen (secondary N) is 2. The van der Waals surface area contributed by atoms with Gasteiger partial charge >= 0.3 is 0 Å². The van der Waals surface area contributed by atoms with Crippen molar-refractivity contribution in [2.45, 2.75) is 6.92 Å². The molecule has 0 saturated heterocycles. The van der Waals surface area contributed by atoms with Crippen LogP contribution in [-0.4, -0.2) is 13.0 Å². The van der Waals surface area contributed by atoms with E-state index in [1.807, 2.05) is 43.3 Å². The van der Waals surface area contributed by atoms with Crippen LogP contribution in [0, 0.1) is 6.92 Å². The Balaban J connectivity index is 2.28. The van der Waals surface area contributed by atoms with E-state index in [1.54, 1.807) is 13.1 Å². The SMILES string of the molecule is CNc1ccccc1C(=O)Nc1cc(Br)ccc1C. The second-order valence-electron chi connectivity index (χ2n) is 4.21. The zero-order valence-corrected chi connectivity index (χ0v) is 12.4. The average molecular weight is 319 g/mol. The van der Waals surface area contributed by atoms with Crippen molar-refractivity contribution in [1.82, 2.24) is 0 Å². The van der Waals surface area contributed by atoms with Crippen molar-refractivity contribution in [2.75, 3.05) is 17.7 Å². The Bertz CT molecular complexity index is 611. The summed E-state index contributed by atoms with van der Waals surface area (Å²) in [5, 5.41) is 5.95. The molecule has 4 heteroatoms. The van der Waals surface area contributed by atoms with Crippen molar-refractivity contribution in [2.24, 2.45) is 0 Å². The van der Waals surface area contributed by atoms with E-state index in [4.69, 9.17) is 0 Å². The zero-order valence-electron chi connectivity index (χ0n) is 10.8. The van der Waals surface area contributed by atoms with Gasteiger partial charge in [0.1, 0.15) is 0 Å². The van der Waals surface area contributed by atoms with E-state index < -0.39 is 0 Å². The molecule has 0 aliphatic carbocycles. The lowest BCUT2D eigenvalue weighted by Gasteiger charge is -2.11. The Hall–Kier alpha value is -1.81. The normalized spacial score (nSPS) is 10.1. The molecule has 0 atom stereocenters. The van der Waals surface area contributed by atoms with Gasteiger partial charge in [0.25, 0.3) is 5.91 Å². The summed E-state index contributed by atoms with van der Waals surface area (Å²) < 4.78 is 0.940. The molecule has 0 aliphatic rings. The maximum absolute atomic E-state index is 12.3. The van der Waals surface area contributed by atoms with Crippen LogP contribution in [0.2, 0.25) is 0 Å². The van der Waals surface area contributed by atoms with Crippen molar-refractivity contribution >= 4 is 33.2 Å². The number of carbonyl (C=O) groups excluding carboxylic acids is 1. The van der Waals surface area contributed by atoms with E-state index in [2.05, 4.69) is 26.6 Å². The fourth-order valence-corrected chi connectivity index (χ4v) is 2.18. The first kappa shape index (κ1) is 13.6. The predicted octanol–water partition coefficient (Wildman–Crippen LogP) is 4.05. The molecule has 2 aromatic carbocycles. The van der Waals surface area contributed by atoms with Gasteiger partial charge in [0.2, 0.25) is 0 Å². The number of amides is 1. The highest BCUT2D eigenvalue weighted by molar-refractivity contribution is 9.10. The molecule has 0 aliphatic heterocycles. The standard InChI is InChI=1S/C15H15BrN2O/c1-10-7-8-11(16)9-14(10)18-15(19)12-5-3-4-6-13(12)17-2/h3-9,17H,1-2H3,(H,18,19). The van der Waals surface area contributed by atoms with E-state index >= 15 is 0 Å². The minimum Gasteiger partial charge on any atom is -0.387 e. The first-order chi connectivity index (χ1) is 9.11. The Morgan fingerprint density at radius 2 is 1.84 bits per heavy atom. The summed E-state index contributed by atoms with van der Waals surface area (Å²) in [6, 6.07) is 13.2. The largest absolute Gasteiger partial charge is 0.387 e. The predicted molar refractivity (Wildman–Crippen MR) is 82.8 cm³/mol. The number of para-hydroxylation sites is 1. The number of hydrogen-bond acceptors (Lipinski definition) is 2. The van der Waals surface area contributed by atoms with Crippen molar-refractivity contribution in [3.63, 3.8) is 0 Å². The fourth-order valence-electron chi connectivity index (χ4n) is 1.82. The summed E-state index contributed by atoms with van der Waals surface area (Å²) in [5.74, 6) is -0.119. The second kappa shape index (κ2) is 5.89. The summed E-state index contributed by atoms with van der Waals surface area (Å²) >= 11 is 3.41. The van der Waals surface area contributed by atoms with Crippen LogP contribution < -0.4 is 10.6 Å². The van der Waals surface area contributed by atoms with Gasteiger partial charge in [-0.25, -0.2) is 0 Å². The minimum absolute atomic E-state index is 0.119. The summed E-state index contributed by atoms with van der Waals surface area (Å²) in [6.45, 7) is 1.96. The van der Waals surface area contributed by atoms with Crippen LogP contribution in [0.4, 0.5) is 11.4 Å². The maximum Gasteiger partial charge on any atom is 0.257 e. The number of aryl methyl sites for hydroxylation is 1. The second-order valence-corrected chi connectivity index (χ2v) is 5.12. The van der Waals surface area contributed by atoms with Crippen LogP contribution in [0.3, 0.4) is 0 Å². The molecule has 3 nitrogen and oxygen atoms in total. The maximum atomic E-state index is 12.3. The first-order valence-corrected chi connectivity index (χ1v) is 6.75. The van der Waals surface area contributed by atoms with Crippen LogP contribution in [-0.2, 0) is 0 Å². The van der Waals surface area contributed by atoms with Crippen LogP contribution in [0.15, 0.2) is 46.9 Å². The van der Waals surface area contributed by atoms with Crippen molar-refractivity contribution in [1.29, 1.82) is 0 Å². The first-order valence-electron chi connectivity index (χ1n) is 5.96. The summed E-state index contributed by atoms with van der Waals surface area (Å²) in [4.78, 5) is 12.3. The molecule has 0 fully saturated rings. The van der Waals surface area contributed by atoms with Gasteiger partial charge in [0.05, 0.1) is 5.56 Å². The van der Waals surface area contributed by atoms with Gasteiger partial charge in [-0.15, -0.1) is 0 Å². The quantitative estimate of drug-likeness (QED) is 0.896. The highest BCUT2D eigenvalue weighted by atomic mass is 79.9. The van der Waals surface area contributed by atoms with E-state index in [0.717, 1.165) is 21.4 Å². The van der Waals surface area contributed by atoms with Crippen LogP contribution in [0.1, 0.15) is 15.9 Å². The van der Waals surface area contributed by atoms with E-state index in [1.165, 1.54) is 0 Å². The molecule has 0 unspecified atom stereocenters. The molecule has 1 amide bonds. The monoisotopic (exact) mass is 318 g/mol. The third-order valence-electron chi connectivity index (χ3n) is 2.89. The smallest absolute Gasteiger partial charge is 0.257 e. The molecule has 0 heterocycles. The van der Waals surface area contributed by atoms with E-state index in [-0.39, 0.29) is 5.91 Å². The molecule has 0 aromatic heterocycles. The number of carbonyl (C=O) groups is 1. The van der Waals surface area contributed by atoms with Crippen LogP contribution in [0.5, 0.6) is 0 Å². The minimum atomic E-state index is -0.119. The van der Waals surface area contributed by atoms with Crippen molar-refractivity contribution < 1.29 is 4.79 Å². The van der Waals surface area contributed by atoms with Crippen LogP contribution in [0.25, 0.3) is 0 Å². The lowest BCUT2D eigenvalue weighted by molar-refractivity contribution is 0.102. The van der Waals surface area contributed by atoms with Gasteiger partial charge in [0, 0.05) is 22.9 Å². The Morgan fingerprint density at radius 3 is 2.58 bits per heavy atom.